The van der Waals surface area contributed by atoms with Gasteiger partial charge in [-0.25, -0.2) is 4.98 Å². The van der Waals surface area contributed by atoms with Gasteiger partial charge < -0.3 is 9.88 Å². The molecule has 0 aliphatic carbocycles. The summed E-state index contributed by atoms with van der Waals surface area (Å²) in [5.74, 6) is 0.859. The topological polar surface area (TPSA) is 29.9 Å². The van der Waals surface area contributed by atoms with Crippen LogP contribution in [0.1, 0.15) is 25.8 Å². The van der Waals surface area contributed by atoms with Crippen LogP contribution >= 0.6 is 0 Å². The minimum Gasteiger partial charge on any atom is -0.335 e. The third-order valence-corrected chi connectivity index (χ3v) is 2.87. The maximum atomic E-state index is 4.07. The van der Waals surface area contributed by atoms with Crippen LogP contribution in [0.2, 0.25) is 0 Å². The lowest BCUT2D eigenvalue weighted by Gasteiger charge is -2.16. The molecule has 3 nitrogen and oxygen atoms in total. The highest BCUT2D eigenvalue weighted by molar-refractivity contribution is 4.81. The molecule has 2 rings (SSSR count). The average Bonchev–Trinajstić information content (AvgIpc) is 2.74. The second kappa shape index (κ2) is 3.92. The van der Waals surface area contributed by atoms with Gasteiger partial charge in [-0.3, -0.25) is 0 Å². The van der Waals surface area contributed by atoms with E-state index in [2.05, 4.69) is 21.8 Å². The van der Waals surface area contributed by atoms with Crippen LogP contribution in [0, 0.1) is 5.92 Å². The fourth-order valence-corrected chi connectivity index (χ4v) is 2.05. The van der Waals surface area contributed by atoms with E-state index in [1.165, 1.54) is 25.9 Å². The Labute approximate surface area is 79.2 Å². The number of hydrogen-bond acceptors (Lipinski definition) is 2. The Bertz CT molecular complexity index is 237. The molecule has 0 bridgehead atoms. The summed E-state index contributed by atoms with van der Waals surface area (Å²) in [5.41, 5.74) is 0. The lowest BCUT2D eigenvalue weighted by Crippen LogP contribution is -2.13. The van der Waals surface area contributed by atoms with E-state index in [1.807, 2.05) is 18.7 Å². The Morgan fingerprint density at radius 3 is 3.23 bits per heavy atom. The normalized spacial score (nSPS) is 24.8. The standard InChI is InChI=1S/C10H17N3/c1-9(13-5-4-12-8-13)6-10-2-3-11-7-10/h4-5,8-11H,2-3,6-7H2,1H3. The fourth-order valence-electron chi connectivity index (χ4n) is 2.05. The van der Waals surface area contributed by atoms with Gasteiger partial charge in [0, 0.05) is 18.4 Å². The smallest absolute Gasteiger partial charge is 0.0948 e. The van der Waals surface area contributed by atoms with Crippen molar-refractivity contribution in [2.24, 2.45) is 5.92 Å². The third kappa shape index (κ3) is 2.10. The van der Waals surface area contributed by atoms with Crippen molar-refractivity contribution in [3.63, 3.8) is 0 Å². The fraction of sp³-hybridized carbons (Fsp3) is 0.700. The van der Waals surface area contributed by atoms with Crippen molar-refractivity contribution in [3.8, 4) is 0 Å². The number of nitrogens with zero attached hydrogens (tertiary/aromatic N) is 2. The Morgan fingerprint density at radius 1 is 1.69 bits per heavy atom. The van der Waals surface area contributed by atoms with Crippen LogP contribution in [0.25, 0.3) is 0 Å². The molecule has 1 aliphatic heterocycles. The van der Waals surface area contributed by atoms with Crippen molar-refractivity contribution in [1.29, 1.82) is 0 Å². The van der Waals surface area contributed by atoms with Crippen LogP contribution in [0.5, 0.6) is 0 Å². The first-order chi connectivity index (χ1) is 6.36. The molecular weight excluding hydrogens is 162 g/mol. The van der Waals surface area contributed by atoms with Crippen molar-refractivity contribution >= 4 is 0 Å². The molecule has 0 aromatic carbocycles. The SMILES string of the molecule is CC(CC1CCNC1)n1ccnc1. The van der Waals surface area contributed by atoms with Crippen LogP contribution in [0.15, 0.2) is 18.7 Å². The zero-order valence-electron chi connectivity index (χ0n) is 8.11. The summed E-state index contributed by atoms with van der Waals surface area (Å²) in [4.78, 5) is 4.07. The summed E-state index contributed by atoms with van der Waals surface area (Å²) in [5, 5.41) is 3.40. The molecule has 1 aromatic rings. The zero-order chi connectivity index (χ0) is 9.10. The van der Waals surface area contributed by atoms with E-state index < -0.39 is 0 Å². The molecule has 0 spiro atoms. The number of nitrogens with one attached hydrogen (secondary N) is 1. The predicted molar refractivity (Wildman–Crippen MR) is 52.5 cm³/mol. The van der Waals surface area contributed by atoms with Gasteiger partial charge in [-0.1, -0.05) is 0 Å². The quantitative estimate of drug-likeness (QED) is 0.761. The Morgan fingerprint density at radius 2 is 2.62 bits per heavy atom. The van der Waals surface area contributed by atoms with E-state index in [1.54, 1.807) is 0 Å². The monoisotopic (exact) mass is 179 g/mol. The van der Waals surface area contributed by atoms with Gasteiger partial charge in [-0.05, 0) is 38.8 Å². The van der Waals surface area contributed by atoms with Gasteiger partial charge in [0.1, 0.15) is 0 Å². The molecule has 1 fully saturated rings. The van der Waals surface area contributed by atoms with Crippen LogP contribution in [-0.4, -0.2) is 22.6 Å². The second-order valence-electron chi connectivity index (χ2n) is 3.95. The van der Waals surface area contributed by atoms with Crippen molar-refractivity contribution < 1.29 is 0 Å². The van der Waals surface area contributed by atoms with Crippen molar-refractivity contribution in [1.82, 2.24) is 14.9 Å². The average molecular weight is 179 g/mol. The Kier molecular flexibility index (Phi) is 2.64. The Hall–Kier alpha value is -0.830. The molecule has 1 saturated heterocycles. The summed E-state index contributed by atoms with van der Waals surface area (Å²) in [7, 11) is 0. The van der Waals surface area contributed by atoms with Gasteiger partial charge in [0.25, 0.3) is 0 Å². The molecule has 3 heteroatoms. The van der Waals surface area contributed by atoms with E-state index >= 15 is 0 Å². The van der Waals surface area contributed by atoms with Gasteiger partial charge in [-0.2, -0.15) is 0 Å². The molecule has 1 aliphatic rings. The molecule has 1 aromatic heterocycles. The highest BCUT2D eigenvalue weighted by Gasteiger charge is 2.17. The molecule has 72 valence electrons. The highest BCUT2D eigenvalue weighted by atomic mass is 15.0. The van der Waals surface area contributed by atoms with Gasteiger partial charge >= 0.3 is 0 Å². The summed E-state index contributed by atoms with van der Waals surface area (Å²) < 4.78 is 2.19. The molecule has 13 heavy (non-hydrogen) atoms. The first-order valence-corrected chi connectivity index (χ1v) is 5.04. The summed E-state index contributed by atoms with van der Waals surface area (Å²) >= 11 is 0. The zero-order valence-corrected chi connectivity index (χ0v) is 8.11. The molecule has 2 atom stereocenters. The predicted octanol–water partition coefficient (Wildman–Crippen LogP) is 1.44. The van der Waals surface area contributed by atoms with E-state index in [0.29, 0.717) is 6.04 Å². The molecule has 1 N–H and O–H groups in total. The number of hydrogen-bond donors (Lipinski definition) is 1. The van der Waals surface area contributed by atoms with E-state index in [9.17, 15) is 0 Å². The molecule has 0 amide bonds. The molecule has 0 saturated carbocycles. The van der Waals surface area contributed by atoms with E-state index in [-0.39, 0.29) is 0 Å². The highest BCUT2D eigenvalue weighted by Crippen LogP contribution is 2.21. The van der Waals surface area contributed by atoms with Crippen LogP contribution in [0.3, 0.4) is 0 Å². The lowest BCUT2D eigenvalue weighted by atomic mass is 10.0. The third-order valence-electron chi connectivity index (χ3n) is 2.87. The van der Waals surface area contributed by atoms with Gasteiger partial charge in [-0.15, -0.1) is 0 Å². The molecule has 0 radical (unpaired) electrons. The maximum absolute atomic E-state index is 4.07. The Balaban J connectivity index is 1.87. The molecule has 2 heterocycles. The van der Waals surface area contributed by atoms with Gasteiger partial charge in [0.15, 0.2) is 0 Å². The molecular formula is C10H17N3. The first-order valence-electron chi connectivity index (χ1n) is 5.04. The minimum atomic E-state index is 0.590. The summed E-state index contributed by atoms with van der Waals surface area (Å²) in [6, 6.07) is 0.590. The molecule has 2 unspecified atom stereocenters. The van der Waals surface area contributed by atoms with Crippen LogP contribution in [0.4, 0.5) is 0 Å². The van der Waals surface area contributed by atoms with Crippen LogP contribution < -0.4 is 5.32 Å². The van der Waals surface area contributed by atoms with Crippen molar-refractivity contribution in [2.45, 2.75) is 25.8 Å². The number of aromatic nitrogens is 2. The summed E-state index contributed by atoms with van der Waals surface area (Å²) in [6.45, 7) is 4.65. The van der Waals surface area contributed by atoms with Gasteiger partial charge in [0.2, 0.25) is 0 Å². The van der Waals surface area contributed by atoms with Crippen LogP contribution in [-0.2, 0) is 0 Å². The summed E-state index contributed by atoms with van der Waals surface area (Å²) in [6.07, 6.45) is 8.41. The lowest BCUT2D eigenvalue weighted by molar-refractivity contribution is 0.405. The van der Waals surface area contributed by atoms with Crippen molar-refractivity contribution in [3.05, 3.63) is 18.7 Å². The van der Waals surface area contributed by atoms with E-state index in [0.717, 1.165) is 5.92 Å². The number of rotatable bonds is 3. The second-order valence-corrected chi connectivity index (χ2v) is 3.95. The van der Waals surface area contributed by atoms with Gasteiger partial charge in [0.05, 0.1) is 6.33 Å². The van der Waals surface area contributed by atoms with E-state index in [4.69, 9.17) is 0 Å². The maximum Gasteiger partial charge on any atom is 0.0948 e. The number of imidazole rings is 1. The largest absolute Gasteiger partial charge is 0.335 e. The first kappa shape index (κ1) is 8.75. The minimum absolute atomic E-state index is 0.590. The van der Waals surface area contributed by atoms with Crippen molar-refractivity contribution in [2.75, 3.05) is 13.1 Å².